The van der Waals surface area contributed by atoms with E-state index in [1.165, 1.54) is 7.11 Å². The number of carbonyl (C=O) groups is 1. The number of hydrogen-bond donors (Lipinski definition) is 1. The Kier molecular flexibility index (Phi) is 4.31. The van der Waals surface area contributed by atoms with Crippen LogP contribution >= 0.6 is 0 Å². The van der Waals surface area contributed by atoms with Gasteiger partial charge >= 0.3 is 5.97 Å². The molecule has 94 valence electrons. The zero-order chi connectivity index (χ0) is 13.0. The summed E-state index contributed by atoms with van der Waals surface area (Å²) in [4.78, 5) is 17.6. The molecule has 0 atom stereocenters. The van der Waals surface area contributed by atoms with Gasteiger partial charge in [-0.05, 0) is 12.0 Å². The van der Waals surface area contributed by atoms with Crippen LogP contribution in [-0.4, -0.2) is 31.7 Å². The number of anilines is 2. The highest BCUT2D eigenvalue weighted by atomic mass is 16.5. The third-order valence-corrected chi connectivity index (χ3v) is 2.37. The number of methoxy groups -OCH3 is 1. The van der Waals surface area contributed by atoms with Crippen LogP contribution in [0.25, 0.3) is 0 Å². The summed E-state index contributed by atoms with van der Waals surface area (Å²) in [6, 6.07) is 1.56. The topological polar surface area (TPSA) is 68.5 Å². The second-order valence-corrected chi connectivity index (χ2v) is 4.36. The lowest BCUT2D eigenvalue weighted by molar-refractivity contribution is 0.0602. The highest BCUT2D eigenvalue weighted by Crippen LogP contribution is 2.24. The molecule has 0 unspecified atom stereocenters. The molecule has 1 heterocycles. The van der Waals surface area contributed by atoms with E-state index in [1.54, 1.807) is 12.3 Å². The van der Waals surface area contributed by atoms with E-state index >= 15 is 0 Å². The van der Waals surface area contributed by atoms with Crippen molar-refractivity contribution in [3.05, 3.63) is 17.8 Å². The van der Waals surface area contributed by atoms with Crippen LogP contribution in [0.2, 0.25) is 0 Å². The Morgan fingerprint density at radius 1 is 1.59 bits per heavy atom. The summed E-state index contributed by atoms with van der Waals surface area (Å²) >= 11 is 0. The molecule has 0 radical (unpaired) electrons. The van der Waals surface area contributed by atoms with Gasteiger partial charge in [-0.2, -0.15) is 0 Å². The maximum atomic E-state index is 11.5. The molecule has 0 spiro atoms. The maximum Gasteiger partial charge on any atom is 0.340 e. The fourth-order valence-corrected chi connectivity index (χ4v) is 1.69. The highest BCUT2D eigenvalue weighted by Gasteiger charge is 2.16. The monoisotopic (exact) mass is 237 g/mol. The Hall–Kier alpha value is -1.78. The standard InChI is InChI=1S/C12H19N3O2/c1-8(2)7-15(3)11-10(13)9(5-6-14-11)12(16)17-4/h5-6,8H,7,13H2,1-4H3. The van der Waals surface area contributed by atoms with Crippen LogP contribution in [0, 0.1) is 5.92 Å². The minimum Gasteiger partial charge on any atom is -0.465 e. The third-order valence-electron chi connectivity index (χ3n) is 2.37. The summed E-state index contributed by atoms with van der Waals surface area (Å²) in [6.07, 6.45) is 1.56. The van der Waals surface area contributed by atoms with E-state index in [-0.39, 0.29) is 0 Å². The number of ether oxygens (including phenoxy) is 1. The Labute approximate surface area is 102 Å². The van der Waals surface area contributed by atoms with Gasteiger partial charge in [0.05, 0.1) is 18.4 Å². The first-order valence-corrected chi connectivity index (χ1v) is 5.51. The minimum absolute atomic E-state index is 0.355. The van der Waals surface area contributed by atoms with Crippen molar-refractivity contribution >= 4 is 17.5 Å². The number of nitrogen functional groups attached to an aromatic ring is 1. The van der Waals surface area contributed by atoms with Gasteiger partial charge < -0.3 is 15.4 Å². The molecule has 5 heteroatoms. The number of rotatable bonds is 4. The van der Waals surface area contributed by atoms with E-state index in [9.17, 15) is 4.79 Å². The van der Waals surface area contributed by atoms with Crippen LogP contribution in [0.4, 0.5) is 11.5 Å². The molecular weight excluding hydrogens is 218 g/mol. The van der Waals surface area contributed by atoms with Gasteiger partial charge in [-0.25, -0.2) is 9.78 Å². The molecule has 0 aromatic carbocycles. The smallest absolute Gasteiger partial charge is 0.340 e. The largest absolute Gasteiger partial charge is 0.465 e. The van der Waals surface area contributed by atoms with Gasteiger partial charge in [0.25, 0.3) is 0 Å². The van der Waals surface area contributed by atoms with Gasteiger partial charge in [-0.1, -0.05) is 13.8 Å². The molecule has 0 aliphatic rings. The van der Waals surface area contributed by atoms with E-state index in [0.29, 0.717) is 23.0 Å². The van der Waals surface area contributed by atoms with Gasteiger partial charge in [-0.3, -0.25) is 0 Å². The first-order chi connectivity index (χ1) is 7.97. The van der Waals surface area contributed by atoms with Crippen LogP contribution in [0.15, 0.2) is 12.3 Å². The van der Waals surface area contributed by atoms with Crippen molar-refractivity contribution in [1.29, 1.82) is 0 Å². The van der Waals surface area contributed by atoms with Crippen molar-refractivity contribution in [2.45, 2.75) is 13.8 Å². The molecule has 0 aliphatic heterocycles. The second-order valence-electron chi connectivity index (χ2n) is 4.36. The van der Waals surface area contributed by atoms with Gasteiger partial charge in [0.2, 0.25) is 0 Å². The van der Waals surface area contributed by atoms with Crippen molar-refractivity contribution in [2.24, 2.45) is 5.92 Å². The highest BCUT2D eigenvalue weighted by molar-refractivity contribution is 5.97. The molecule has 0 saturated carbocycles. The molecule has 5 nitrogen and oxygen atoms in total. The number of aromatic nitrogens is 1. The Morgan fingerprint density at radius 3 is 2.76 bits per heavy atom. The first-order valence-electron chi connectivity index (χ1n) is 5.51. The maximum absolute atomic E-state index is 11.5. The zero-order valence-electron chi connectivity index (χ0n) is 10.7. The van der Waals surface area contributed by atoms with Crippen LogP contribution in [0.3, 0.4) is 0 Å². The zero-order valence-corrected chi connectivity index (χ0v) is 10.7. The number of carbonyl (C=O) groups excluding carboxylic acids is 1. The molecule has 0 amide bonds. The predicted octanol–water partition coefficient (Wildman–Crippen LogP) is 1.54. The van der Waals surface area contributed by atoms with Crippen molar-refractivity contribution < 1.29 is 9.53 Å². The van der Waals surface area contributed by atoms with Crippen molar-refractivity contribution in [3.63, 3.8) is 0 Å². The predicted molar refractivity (Wildman–Crippen MR) is 68.1 cm³/mol. The third kappa shape index (κ3) is 3.09. The molecule has 1 aromatic heterocycles. The van der Waals surface area contributed by atoms with Crippen LogP contribution in [0.1, 0.15) is 24.2 Å². The molecule has 0 bridgehead atoms. The molecule has 0 saturated heterocycles. The Balaban J connectivity index is 3.05. The van der Waals surface area contributed by atoms with Crippen molar-refractivity contribution in [1.82, 2.24) is 4.98 Å². The summed E-state index contributed by atoms with van der Waals surface area (Å²) < 4.78 is 4.67. The Bertz CT molecular complexity index is 405. The number of pyridine rings is 1. The van der Waals surface area contributed by atoms with E-state index in [1.807, 2.05) is 11.9 Å². The van der Waals surface area contributed by atoms with Gasteiger partial charge in [0.15, 0.2) is 5.82 Å². The minimum atomic E-state index is -0.441. The fourth-order valence-electron chi connectivity index (χ4n) is 1.69. The summed E-state index contributed by atoms with van der Waals surface area (Å²) in [6.45, 7) is 5.04. The normalized spacial score (nSPS) is 10.4. The lowest BCUT2D eigenvalue weighted by atomic mass is 10.2. The Morgan fingerprint density at radius 2 is 2.24 bits per heavy atom. The molecular formula is C12H19N3O2. The van der Waals surface area contributed by atoms with Crippen molar-refractivity contribution in [2.75, 3.05) is 31.3 Å². The molecule has 0 fully saturated rings. The SMILES string of the molecule is COC(=O)c1ccnc(N(C)CC(C)C)c1N. The molecule has 0 aliphatic carbocycles. The second kappa shape index (κ2) is 5.52. The molecule has 1 aromatic rings. The summed E-state index contributed by atoms with van der Waals surface area (Å²) in [5.41, 5.74) is 6.65. The van der Waals surface area contributed by atoms with E-state index in [4.69, 9.17) is 5.73 Å². The lowest BCUT2D eigenvalue weighted by Gasteiger charge is -2.22. The van der Waals surface area contributed by atoms with Gasteiger partial charge in [0.1, 0.15) is 0 Å². The number of nitrogens with zero attached hydrogens (tertiary/aromatic N) is 2. The van der Waals surface area contributed by atoms with E-state index < -0.39 is 5.97 Å². The lowest BCUT2D eigenvalue weighted by Crippen LogP contribution is -2.25. The quantitative estimate of drug-likeness (QED) is 0.804. The van der Waals surface area contributed by atoms with Crippen LogP contribution in [0.5, 0.6) is 0 Å². The summed E-state index contributed by atoms with van der Waals surface area (Å²) in [5.74, 6) is 0.661. The van der Waals surface area contributed by atoms with Crippen LogP contribution in [-0.2, 0) is 4.74 Å². The fraction of sp³-hybridized carbons (Fsp3) is 0.500. The molecule has 1 rings (SSSR count). The average molecular weight is 237 g/mol. The summed E-state index contributed by atoms with van der Waals surface area (Å²) in [7, 11) is 3.24. The number of hydrogen-bond acceptors (Lipinski definition) is 5. The number of nitrogens with two attached hydrogens (primary N) is 1. The number of esters is 1. The van der Waals surface area contributed by atoms with E-state index in [2.05, 4.69) is 23.6 Å². The molecule has 17 heavy (non-hydrogen) atoms. The summed E-state index contributed by atoms with van der Waals surface area (Å²) in [5, 5.41) is 0. The first kappa shape index (κ1) is 13.3. The van der Waals surface area contributed by atoms with Gasteiger partial charge in [0, 0.05) is 19.8 Å². The van der Waals surface area contributed by atoms with Crippen LogP contribution < -0.4 is 10.6 Å². The van der Waals surface area contributed by atoms with Crippen molar-refractivity contribution in [3.8, 4) is 0 Å². The molecule has 2 N–H and O–H groups in total. The van der Waals surface area contributed by atoms with Gasteiger partial charge in [-0.15, -0.1) is 0 Å². The van der Waals surface area contributed by atoms with E-state index in [0.717, 1.165) is 6.54 Å². The average Bonchev–Trinajstić information content (AvgIpc) is 2.27.